The minimum absolute atomic E-state index is 0.156. The number of hydrogen-bond acceptors (Lipinski definition) is 4. The molecule has 1 heterocycles. The number of nitrogens with zero attached hydrogens (tertiary/aromatic N) is 2. The highest BCUT2D eigenvalue weighted by atomic mass is 19.1. The number of benzene rings is 2. The van der Waals surface area contributed by atoms with E-state index in [2.05, 4.69) is 10.1 Å². The smallest absolute Gasteiger partial charge is 0.335 e. The van der Waals surface area contributed by atoms with Crippen molar-refractivity contribution in [2.24, 2.45) is 0 Å². The fraction of sp³-hybridized carbons (Fsp3) is 0.0625. The van der Waals surface area contributed by atoms with Crippen LogP contribution in [-0.2, 0) is 0 Å². The molecular weight excluding hydrogens is 287 g/mol. The van der Waals surface area contributed by atoms with Crippen LogP contribution in [0.3, 0.4) is 0 Å². The summed E-state index contributed by atoms with van der Waals surface area (Å²) >= 11 is 0. The van der Waals surface area contributed by atoms with Gasteiger partial charge in [0.1, 0.15) is 5.82 Å². The average molecular weight is 298 g/mol. The maximum atomic E-state index is 14.3. The molecule has 6 heteroatoms. The van der Waals surface area contributed by atoms with E-state index < -0.39 is 11.8 Å². The van der Waals surface area contributed by atoms with Gasteiger partial charge in [-0.25, -0.2) is 9.18 Å². The molecule has 0 saturated heterocycles. The molecule has 0 atom stereocenters. The van der Waals surface area contributed by atoms with Gasteiger partial charge in [-0.2, -0.15) is 4.98 Å². The Hall–Kier alpha value is -3.02. The maximum absolute atomic E-state index is 14.3. The molecule has 0 bridgehead atoms. The fourth-order valence-corrected chi connectivity index (χ4v) is 2.10. The van der Waals surface area contributed by atoms with E-state index in [1.807, 2.05) is 0 Å². The van der Waals surface area contributed by atoms with Crippen molar-refractivity contribution in [1.82, 2.24) is 10.1 Å². The number of carboxylic acids is 1. The van der Waals surface area contributed by atoms with Crippen molar-refractivity contribution in [3.05, 3.63) is 59.7 Å². The molecule has 0 aliphatic rings. The van der Waals surface area contributed by atoms with Crippen LogP contribution in [0.25, 0.3) is 22.5 Å². The Kier molecular flexibility index (Phi) is 3.42. The lowest BCUT2D eigenvalue weighted by Crippen LogP contribution is -1.95. The number of halogens is 1. The molecule has 5 nitrogen and oxygen atoms in total. The van der Waals surface area contributed by atoms with E-state index in [4.69, 9.17) is 9.63 Å². The van der Waals surface area contributed by atoms with Gasteiger partial charge in [-0.1, -0.05) is 29.4 Å². The van der Waals surface area contributed by atoms with Gasteiger partial charge in [-0.3, -0.25) is 0 Å². The summed E-state index contributed by atoms with van der Waals surface area (Å²) in [5.41, 5.74) is 1.64. The Labute approximate surface area is 125 Å². The molecule has 22 heavy (non-hydrogen) atoms. The number of rotatable bonds is 3. The van der Waals surface area contributed by atoms with Gasteiger partial charge < -0.3 is 9.63 Å². The Bertz CT molecular complexity index is 841. The maximum Gasteiger partial charge on any atom is 0.335 e. The zero-order chi connectivity index (χ0) is 15.7. The number of aromatic carboxylic acids is 1. The Morgan fingerprint density at radius 3 is 2.36 bits per heavy atom. The van der Waals surface area contributed by atoms with E-state index in [9.17, 15) is 9.18 Å². The van der Waals surface area contributed by atoms with Crippen molar-refractivity contribution < 1.29 is 18.8 Å². The molecule has 0 amide bonds. The average Bonchev–Trinajstić information content (AvgIpc) is 2.94. The van der Waals surface area contributed by atoms with E-state index >= 15 is 0 Å². The summed E-state index contributed by atoms with van der Waals surface area (Å²) < 4.78 is 19.2. The van der Waals surface area contributed by atoms with Gasteiger partial charge in [-0.05, 0) is 23.8 Å². The fourth-order valence-electron chi connectivity index (χ4n) is 2.10. The zero-order valence-electron chi connectivity index (χ0n) is 11.6. The molecule has 0 aliphatic carbocycles. The first-order chi connectivity index (χ1) is 10.5. The predicted octanol–water partition coefficient (Wildman–Crippen LogP) is 3.55. The largest absolute Gasteiger partial charge is 0.478 e. The van der Waals surface area contributed by atoms with Gasteiger partial charge in [0.15, 0.2) is 0 Å². The molecule has 1 N–H and O–H groups in total. The summed E-state index contributed by atoms with van der Waals surface area (Å²) in [6.07, 6.45) is 0. The summed E-state index contributed by atoms with van der Waals surface area (Å²) in [5.74, 6) is -0.731. The summed E-state index contributed by atoms with van der Waals surface area (Å²) in [6, 6.07) is 10.6. The van der Waals surface area contributed by atoms with Gasteiger partial charge in [0.2, 0.25) is 11.7 Å². The number of carboxylic acid groups (broad SMARTS) is 1. The lowest BCUT2D eigenvalue weighted by Gasteiger charge is -2.05. The quantitative estimate of drug-likeness (QED) is 0.800. The first kappa shape index (κ1) is 13.9. The minimum atomic E-state index is -1.02. The Balaban J connectivity index is 1.96. The highest BCUT2D eigenvalue weighted by Crippen LogP contribution is 2.27. The highest BCUT2D eigenvalue weighted by Gasteiger charge is 2.11. The van der Waals surface area contributed by atoms with Crippen LogP contribution in [0.4, 0.5) is 4.39 Å². The number of aromatic nitrogens is 2. The second-order valence-corrected chi connectivity index (χ2v) is 4.71. The van der Waals surface area contributed by atoms with Gasteiger partial charge in [0.05, 0.1) is 5.56 Å². The van der Waals surface area contributed by atoms with Crippen molar-refractivity contribution in [2.75, 3.05) is 0 Å². The lowest BCUT2D eigenvalue weighted by atomic mass is 10.0. The van der Waals surface area contributed by atoms with Crippen LogP contribution < -0.4 is 0 Å². The molecule has 110 valence electrons. The van der Waals surface area contributed by atoms with E-state index in [-0.39, 0.29) is 5.56 Å². The van der Waals surface area contributed by atoms with E-state index in [0.29, 0.717) is 28.4 Å². The summed E-state index contributed by atoms with van der Waals surface area (Å²) in [6.45, 7) is 1.66. The second kappa shape index (κ2) is 5.40. The third-order valence-electron chi connectivity index (χ3n) is 3.20. The molecule has 2 aromatic carbocycles. The first-order valence-electron chi connectivity index (χ1n) is 6.48. The SMILES string of the molecule is Cc1nc(-c2ccc(-c3ccc(C(=O)O)cc3)c(F)c2)no1. The summed E-state index contributed by atoms with van der Waals surface area (Å²) in [4.78, 5) is 14.9. The number of hydrogen-bond donors (Lipinski definition) is 1. The number of carbonyl (C=O) groups is 1. The first-order valence-corrected chi connectivity index (χ1v) is 6.48. The van der Waals surface area contributed by atoms with Crippen molar-refractivity contribution in [2.45, 2.75) is 6.92 Å². The van der Waals surface area contributed by atoms with Gasteiger partial charge in [-0.15, -0.1) is 0 Å². The molecule has 0 unspecified atom stereocenters. The molecule has 3 aromatic rings. The van der Waals surface area contributed by atoms with Crippen molar-refractivity contribution >= 4 is 5.97 Å². The molecule has 3 rings (SSSR count). The Morgan fingerprint density at radius 2 is 1.82 bits per heavy atom. The molecular formula is C16H11FN2O3. The van der Waals surface area contributed by atoms with Crippen molar-refractivity contribution in [3.8, 4) is 22.5 Å². The van der Waals surface area contributed by atoms with Crippen LogP contribution in [0, 0.1) is 12.7 Å². The minimum Gasteiger partial charge on any atom is -0.478 e. The second-order valence-electron chi connectivity index (χ2n) is 4.71. The normalized spacial score (nSPS) is 10.6. The van der Waals surface area contributed by atoms with E-state index in [0.717, 1.165) is 0 Å². The van der Waals surface area contributed by atoms with Crippen LogP contribution in [0.5, 0.6) is 0 Å². The monoisotopic (exact) mass is 298 g/mol. The standard InChI is InChI=1S/C16H11FN2O3/c1-9-18-15(19-22-9)12-6-7-13(14(17)8-12)10-2-4-11(5-3-10)16(20)21/h2-8H,1H3,(H,20,21). The predicted molar refractivity (Wildman–Crippen MR) is 76.8 cm³/mol. The van der Waals surface area contributed by atoms with Crippen molar-refractivity contribution in [3.63, 3.8) is 0 Å². The molecule has 0 saturated carbocycles. The topological polar surface area (TPSA) is 76.2 Å². The lowest BCUT2D eigenvalue weighted by molar-refractivity contribution is 0.0697. The van der Waals surface area contributed by atoms with Gasteiger partial charge >= 0.3 is 5.97 Å². The van der Waals surface area contributed by atoms with Crippen LogP contribution in [0.2, 0.25) is 0 Å². The van der Waals surface area contributed by atoms with Gasteiger partial charge in [0, 0.05) is 18.1 Å². The van der Waals surface area contributed by atoms with E-state index in [1.165, 1.54) is 18.2 Å². The molecule has 0 aliphatic heterocycles. The van der Waals surface area contributed by atoms with Crippen LogP contribution in [-0.4, -0.2) is 21.2 Å². The highest BCUT2D eigenvalue weighted by molar-refractivity contribution is 5.88. The molecule has 0 spiro atoms. The molecule has 1 aromatic heterocycles. The summed E-state index contributed by atoms with van der Waals surface area (Å²) in [7, 11) is 0. The van der Waals surface area contributed by atoms with Crippen LogP contribution >= 0.6 is 0 Å². The zero-order valence-corrected chi connectivity index (χ0v) is 11.6. The number of aryl methyl sites for hydroxylation is 1. The van der Waals surface area contributed by atoms with Crippen LogP contribution in [0.15, 0.2) is 47.0 Å². The van der Waals surface area contributed by atoms with E-state index in [1.54, 1.807) is 31.2 Å². The molecule has 0 fully saturated rings. The molecule has 0 radical (unpaired) electrons. The van der Waals surface area contributed by atoms with Crippen molar-refractivity contribution in [1.29, 1.82) is 0 Å². The van der Waals surface area contributed by atoms with Crippen LogP contribution in [0.1, 0.15) is 16.2 Å². The van der Waals surface area contributed by atoms with Gasteiger partial charge in [0.25, 0.3) is 0 Å². The third kappa shape index (κ3) is 2.58. The summed E-state index contributed by atoms with van der Waals surface area (Å²) in [5, 5.41) is 12.6. The third-order valence-corrected chi connectivity index (χ3v) is 3.20. The Morgan fingerprint density at radius 1 is 1.14 bits per heavy atom.